The normalized spacial score (nSPS) is 10.7. The highest BCUT2D eigenvalue weighted by atomic mass is 16.1. The van der Waals surface area contributed by atoms with Gasteiger partial charge in [-0.05, 0) is 38.1 Å². The summed E-state index contributed by atoms with van der Waals surface area (Å²) in [6, 6.07) is 9.07. The van der Waals surface area contributed by atoms with Crippen molar-refractivity contribution in [3.63, 3.8) is 0 Å². The van der Waals surface area contributed by atoms with E-state index in [4.69, 9.17) is 5.26 Å². The summed E-state index contributed by atoms with van der Waals surface area (Å²) >= 11 is 0. The Morgan fingerprint density at radius 1 is 1.30 bits per heavy atom. The van der Waals surface area contributed by atoms with Crippen LogP contribution in [0.25, 0.3) is 11.0 Å². The lowest BCUT2D eigenvalue weighted by atomic mass is 10.2. The molecule has 0 spiro atoms. The molecule has 0 saturated carbocycles. The summed E-state index contributed by atoms with van der Waals surface area (Å²) < 4.78 is 3.14. The molecule has 0 bridgehead atoms. The number of nitrogens with one attached hydrogen (secondary N) is 1. The molecule has 2 heterocycles. The quantitative estimate of drug-likeness (QED) is 0.800. The minimum atomic E-state index is -0.128. The molecule has 0 atom stereocenters. The first-order chi connectivity index (χ1) is 11.0. The van der Waals surface area contributed by atoms with Crippen molar-refractivity contribution in [2.75, 3.05) is 5.32 Å². The van der Waals surface area contributed by atoms with Crippen molar-refractivity contribution >= 4 is 22.7 Å². The molecule has 0 saturated heterocycles. The van der Waals surface area contributed by atoms with Gasteiger partial charge in [0, 0.05) is 19.3 Å². The largest absolute Gasteiger partial charge is 0.326 e. The molecule has 7 nitrogen and oxygen atoms in total. The maximum absolute atomic E-state index is 12.7. The van der Waals surface area contributed by atoms with Crippen molar-refractivity contribution in [2.45, 2.75) is 20.4 Å². The van der Waals surface area contributed by atoms with Gasteiger partial charge in [-0.25, -0.2) is 4.98 Å². The van der Waals surface area contributed by atoms with Crippen molar-refractivity contribution in [3.8, 4) is 6.07 Å². The molecular formula is C16H16N6O. The van der Waals surface area contributed by atoms with Gasteiger partial charge in [-0.1, -0.05) is 0 Å². The van der Waals surface area contributed by atoms with E-state index in [2.05, 4.69) is 21.5 Å². The monoisotopic (exact) mass is 308 g/mol. The number of fused-ring (bicyclic) bond motifs is 1. The van der Waals surface area contributed by atoms with Crippen LogP contribution in [0.3, 0.4) is 0 Å². The first-order valence-electron chi connectivity index (χ1n) is 7.26. The topological polar surface area (TPSA) is 88.5 Å². The van der Waals surface area contributed by atoms with Crippen LogP contribution >= 0.6 is 0 Å². The average molecular weight is 308 g/mol. The lowest BCUT2D eigenvalue weighted by Crippen LogP contribution is -2.24. The van der Waals surface area contributed by atoms with Gasteiger partial charge in [0.15, 0.2) is 5.52 Å². The summed E-state index contributed by atoms with van der Waals surface area (Å²) in [6.45, 7) is 4.21. The van der Waals surface area contributed by atoms with Crippen LogP contribution in [0.4, 0.5) is 11.6 Å². The fraction of sp³-hybridized carbons (Fsp3) is 0.250. The Hall–Kier alpha value is -3.14. The first kappa shape index (κ1) is 14.8. The zero-order valence-electron chi connectivity index (χ0n) is 13.2. The molecule has 0 aliphatic rings. The SMILES string of the molecule is CCn1c(Nc2ccc(C#N)cc2)nc2c(C)nn(C)c2c1=O. The zero-order chi connectivity index (χ0) is 16.6. The Balaban J connectivity index is 2.14. The van der Waals surface area contributed by atoms with Crippen LogP contribution in [0.1, 0.15) is 18.2 Å². The van der Waals surface area contributed by atoms with E-state index in [9.17, 15) is 4.79 Å². The molecule has 0 radical (unpaired) electrons. The number of hydrogen-bond acceptors (Lipinski definition) is 5. The summed E-state index contributed by atoms with van der Waals surface area (Å²) in [5.41, 5.74) is 3.02. The highest BCUT2D eigenvalue weighted by Gasteiger charge is 2.16. The lowest BCUT2D eigenvalue weighted by molar-refractivity contribution is 0.714. The summed E-state index contributed by atoms with van der Waals surface area (Å²) in [5.74, 6) is 0.464. The third kappa shape index (κ3) is 2.44. The number of nitriles is 1. The van der Waals surface area contributed by atoms with E-state index in [1.807, 2.05) is 13.8 Å². The van der Waals surface area contributed by atoms with Crippen LogP contribution < -0.4 is 10.9 Å². The number of aryl methyl sites for hydroxylation is 2. The first-order valence-corrected chi connectivity index (χ1v) is 7.26. The van der Waals surface area contributed by atoms with E-state index < -0.39 is 0 Å². The summed E-state index contributed by atoms with van der Waals surface area (Å²) in [7, 11) is 1.74. The Bertz CT molecular complexity index is 975. The minimum Gasteiger partial charge on any atom is -0.326 e. The molecule has 2 aromatic heterocycles. The molecule has 0 aliphatic carbocycles. The fourth-order valence-electron chi connectivity index (χ4n) is 2.56. The van der Waals surface area contributed by atoms with Crippen molar-refractivity contribution in [3.05, 3.63) is 45.9 Å². The maximum Gasteiger partial charge on any atom is 0.281 e. The number of benzene rings is 1. The molecule has 0 fully saturated rings. The van der Waals surface area contributed by atoms with Gasteiger partial charge in [0.2, 0.25) is 5.95 Å². The molecule has 7 heteroatoms. The van der Waals surface area contributed by atoms with Gasteiger partial charge in [-0.3, -0.25) is 14.0 Å². The van der Waals surface area contributed by atoms with E-state index in [1.165, 1.54) is 0 Å². The zero-order valence-corrected chi connectivity index (χ0v) is 13.2. The molecule has 3 aromatic rings. The highest BCUT2D eigenvalue weighted by Crippen LogP contribution is 2.18. The van der Waals surface area contributed by atoms with E-state index in [-0.39, 0.29) is 5.56 Å². The van der Waals surface area contributed by atoms with Gasteiger partial charge in [0.05, 0.1) is 17.3 Å². The number of rotatable bonds is 3. The molecule has 116 valence electrons. The van der Waals surface area contributed by atoms with Crippen LogP contribution in [-0.4, -0.2) is 19.3 Å². The standard InChI is InChI=1S/C16H16N6O/c1-4-22-15(23)14-13(10(2)20-21(14)3)19-16(22)18-12-7-5-11(9-17)6-8-12/h5-8H,4H2,1-3H3,(H,18,19). The average Bonchev–Trinajstić information content (AvgIpc) is 2.83. The molecule has 0 unspecified atom stereocenters. The van der Waals surface area contributed by atoms with Gasteiger partial charge < -0.3 is 5.32 Å². The Kier molecular flexibility index (Phi) is 3.58. The molecule has 0 amide bonds. The molecule has 1 N–H and O–H groups in total. The Labute approximate surface area is 132 Å². The van der Waals surface area contributed by atoms with Crippen molar-refractivity contribution in [2.24, 2.45) is 7.05 Å². The Morgan fingerprint density at radius 2 is 2.00 bits per heavy atom. The van der Waals surface area contributed by atoms with Gasteiger partial charge in [0.1, 0.15) is 5.52 Å². The molecule has 3 rings (SSSR count). The van der Waals surface area contributed by atoms with Gasteiger partial charge in [0.25, 0.3) is 5.56 Å². The second-order valence-electron chi connectivity index (χ2n) is 5.21. The number of hydrogen-bond donors (Lipinski definition) is 1. The number of nitrogens with zero attached hydrogens (tertiary/aromatic N) is 5. The number of aromatic nitrogens is 4. The molecule has 1 aromatic carbocycles. The predicted molar refractivity (Wildman–Crippen MR) is 87.6 cm³/mol. The Morgan fingerprint density at radius 3 is 2.61 bits per heavy atom. The van der Waals surface area contributed by atoms with E-state index >= 15 is 0 Å². The lowest BCUT2D eigenvalue weighted by Gasteiger charge is -2.12. The van der Waals surface area contributed by atoms with Crippen molar-refractivity contribution in [1.82, 2.24) is 19.3 Å². The fourth-order valence-corrected chi connectivity index (χ4v) is 2.56. The van der Waals surface area contributed by atoms with Gasteiger partial charge >= 0.3 is 0 Å². The van der Waals surface area contributed by atoms with Crippen LogP contribution in [-0.2, 0) is 13.6 Å². The summed E-state index contributed by atoms with van der Waals surface area (Å²) in [5, 5.41) is 16.3. The summed E-state index contributed by atoms with van der Waals surface area (Å²) in [6.07, 6.45) is 0. The second kappa shape index (κ2) is 5.57. The second-order valence-corrected chi connectivity index (χ2v) is 5.21. The van der Waals surface area contributed by atoms with Crippen LogP contribution in [0.2, 0.25) is 0 Å². The summed E-state index contributed by atoms with van der Waals surface area (Å²) in [4.78, 5) is 17.3. The third-order valence-corrected chi connectivity index (χ3v) is 3.70. The molecule has 23 heavy (non-hydrogen) atoms. The van der Waals surface area contributed by atoms with E-state index in [0.29, 0.717) is 34.8 Å². The van der Waals surface area contributed by atoms with Crippen molar-refractivity contribution < 1.29 is 0 Å². The highest BCUT2D eigenvalue weighted by molar-refractivity contribution is 5.78. The van der Waals surface area contributed by atoms with Crippen LogP contribution in [0.5, 0.6) is 0 Å². The number of anilines is 2. The maximum atomic E-state index is 12.7. The van der Waals surface area contributed by atoms with E-state index in [0.717, 1.165) is 5.69 Å². The van der Waals surface area contributed by atoms with Gasteiger partial charge in [-0.15, -0.1) is 0 Å². The van der Waals surface area contributed by atoms with Gasteiger partial charge in [-0.2, -0.15) is 10.4 Å². The molecular weight excluding hydrogens is 292 g/mol. The van der Waals surface area contributed by atoms with Crippen LogP contribution in [0, 0.1) is 18.3 Å². The van der Waals surface area contributed by atoms with Crippen LogP contribution in [0.15, 0.2) is 29.1 Å². The predicted octanol–water partition coefficient (Wildman–Crippen LogP) is 2.07. The minimum absolute atomic E-state index is 0.128. The third-order valence-electron chi connectivity index (χ3n) is 3.70. The van der Waals surface area contributed by atoms with Crippen molar-refractivity contribution in [1.29, 1.82) is 5.26 Å². The molecule has 0 aliphatic heterocycles. The smallest absolute Gasteiger partial charge is 0.281 e. The van der Waals surface area contributed by atoms with E-state index in [1.54, 1.807) is 40.6 Å².